The SMILES string of the molecule is O=S(=O)(Nc1cnc(N2CCOCC2)nc1)c1cnoc1. The van der Waals surface area contributed by atoms with E-state index in [1.807, 2.05) is 4.90 Å². The van der Waals surface area contributed by atoms with Crippen LogP contribution in [0.5, 0.6) is 0 Å². The monoisotopic (exact) mass is 311 g/mol. The maximum atomic E-state index is 12.0. The van der Waals surface area contributed by atoms with Crippen LogP contribution in [0, 0.1) is 0 Å². The molecule has 0 radical (unpaired) electrons. The molecule has 0 atom stereocenters. The summed E-state index contributed by atoms with van der Waals surface area (Å²) in [6.45, 7) is 2.69. The summed E-state index contributed by atoms with van der Waals surface area (Å²) in [6.07, 6.45) is 5.00. The lowest BCUT2D eigenvalue weighted by Crippen LogP contribution is -2.37. The van der Waals surface area contributed by atoms with Gasteiger partial charge in [0.2, 0.25) is 5.95 Å². The van der Waals surface area contributed by atoms with Crippen molar-refractivity contribution in [1.82, 2.24) is 15.1 Å². The van der Waals surface area contributed by atoms with Crippen LogP contribution >= 0.6 is 0 Å². The Morgan fingerprint density at radius 1 is 1.14 bits per heavy atom. The van der Waals surface area contributed by atoms with E-state index in [1.54, 1.807) is 0 Å². The summed E-state index contributed by atoms with van der Waals surface area (Å²) in [5, 5.41) is 3.36. The molecule has 3 heterocycles. The van der Waals surface area contributed by atoms with E-state index in [0.717, 1.165) is 12.5 Å². The summed E-state index contributed by atoms with van der Waals surface area (Å²) in [5.41, 5.74) is 0.271. The van der Waals surface area contributed by atoms with Crippen molar-refractivity contribution < 1.29 is 17.7 Å². The van der Waals surface area contributed by atoms with Crippen molar-refractivity contribution in [3.05, 3.63) is 24.9 Å². The zero-order valence-electron chi connectivity index (χ0n) is 11.0. The highest BCUT2D eigenvalue weighted by molar-refractivity contribution is 7.92. The Kier molecular flexibility index (Phi) is 3.71. The molecule has 0 bridgehead atoms. The Labute approximate surface area is 121 Å². The van der Waals surface area contributed by atoms with Gasteiger partial charge in [-0.1, -0.05) is 5.16 Å². The summed E-state index contributed by atoms with van der Waals surface area (Å²) >= 11 is 0. The molecule has 0 aromatic carbocycles. The van der Waals surface area contributed by atoms with Crippen LogP contribution in [0.3, 0.4) is 0 Å². The molecule has 2 aromatic rings. The van der Waals surface area contributed by atoms with Crippen molar-refractivity contribution in [1.29, 1.82) is 0 Å². The fraction of sp³-hybridized carbons (Fsp3) is 0.364. The largest absolute Gasteiger partial charge is 0.378 e. The molecule has 0 spiro atoms. The van der Waals surface area contributed by atoms with Gasteiger partial charge in [0, 0.05) is 13.1 Å². The van der Waals surface area contributed by atoms with Gasteiger partial charge in [0.15, 0.2) is 0 Å². The van der Waals surface area contributed by atoms with E-state index >= 15 is 0 Å². The van der Waals surface area contributed by atoms with Crippen LogP contribution in [-0.4, -0.2) is 49.8 Å². The van der Waals surface area contributed by atoms with Crippen LogP contribution in [0.1, 0.15) is 0 Å². The highest BCUT2D eigenvalue weighted by Gasteiger charge is 2.18. The van der Waals surface area contributed by atoms with Gasteiger partial charge in [-0.2, -0.15) is 0 Å². The van der Waals surface area contributed by atoms with Crippen molar-refractivity contribution >= 4 is 21.7 Å². The third-order valence-electron chi connectivity index (χ3n) is 2.90. The van der Waals surface area contributed by atoms with Crippen LogP contribution in [0.15, 0.2) is 34.3 Å². The fourth-order valence-electron chi connectivity index (χ4n) is 1.84. The lowest BCUT2D eigenvalue weighted by Gasteiger charge is -2.26. The van der Waals surface area contributed by atoms with Crippen molar-refractivity contribution in [2.75, 3.05) is 35.9 Å². The second kappa shape index (κ2) is 5.66. The lowest BCUT2D eigenvalue weighted by atomic mass is 10.4. The predicted molar refractivity (Wildman–Crippen MR) is 72.4 cm³/mol. The number of anilines is 2. The van der Waals surface area contributed by atoms with Gasteiger partial charge in [-0.15, -0.1) is 0 Å². The van der Waals surface area contributed by atoms with Gasteiger partial charge in [-0.3, -0.25) is 4.72 Å². The first-order chi connectivity index (χ1) is 10.1. The quantitative estimate of drug-likeness (QED) is 0.846. The maximum Gasteiger partial charge on any atom is 0.266 e. The van der Waals surface area contributed by atoms with Crippen LogP contribution in [0.4, 0.5) is 11.6 Å². The summed E-state index contributed by atoms with van der Waals surface area (Å²) in [6, 6.07) is 0. The molecule has 0 aliphatic carbocycles. The first-order valence-electron chi connectivity index (χ1n) is 6.22. The van der Waals surface area contributed by atoms with Crippen molar-refractivity contribution in [2.45, 2.75) is 4.90 Å². The second-order valence-corrected chi connectivity index (χ2v) is 6.02. The summed E-state index contributed by atoms with van der Waals surface area (Å²) in [4.78, 5) is 10.2. The molecule has 1 fully saturated rings. The highest BCUT2D eigenvalue weighted by atomic mass is 32.2. The number of aromatic nitrogens is 3. The van der Waals surface area contributed by atoms with Crippen LogP contribution < -0.4 is 9.62 Å². The fourth-order valence-corrected chi connectivity index (χ4v) is 2.73. The van der Waals surface area contributed by atoms with E-state index in [-0.39, 0.29) is 10.6 Å². The third kappa shape index (κ3) is 3.11. The Bertz CT molecular complexity index is 680. The molecule has 0 amide bonds. The molecule has 1 N–H and O–H groups in total. The number of rotatable bonds is 4. The molecule has 21 heavy (non-hydrogen) atoms. The Morgan fingerprint density at radius 2 is 1.86 bits per heavy atom. The van der Waals surface area contributed by atoms with Crippen LogP contribution in [-0.2, 0) is 14.8 Å². The molecule has 1 aliphatic heterocycles. The van der Waals surface area contributed by atoms with E-state index in [0.29, 0.717) is 32.3 Å². The number of hydrogen-bond acceptors (Lipinski definition) is 8. The molecule has 1 saturated heterocycles. The Balaban J connectivity index is 1.72. The number of sulfonamides is 1. The number of nitrogens with one attached hydrogen (secondary N) is 1. The van der Waals surface area contributed by atoms with Crippen molar-refractivity contribution in [3.63, 3.8) is 0 Å². The molecule has 9 nitrogen and oxygen atoms in total. The van der Waals surface area contributed by atoms with E-state index in [9.17, 15) is 8.42 Å². The molecule has 112 valence electrons. The molecule has 3 rings (SSSR count). The lowest BCUT2D eigenvalue weighted by molar-refractivity contribution is 0.122. The van der Waals surface area contributed by atoms with E-state index in [1.165, 1.54) is 12.4 Å². The van der Waals surface area contributed by atoms with Gasteiger partial charge in [0.1, 0.15) is 11.2 Å². The van der Waals surface area contributed by atoms with E-state index < -0.39 is 10.0 Å². The summed E-state index contributed by atoms with van der Waals surface area (Å²) < 4.78 is 36.0. The number of nitrogens with zero attached hydrogens (tertiary/aromatic N) is 4. The molecule has 2 aromatic heterocycles. The van der Waals surface area contributed by atoms with Crippen molar-refractivity contribution in [2.24, 2.45) is 0 Å². The van der Waals surface area contributed by atoms with E-state index in [2.05, 4.69) is 24.4 Å². The van der Waals surface area contributed by atoms with Gasteiger partial charge in [0.05, 0.1) is 37.5 Å². The van der Waals surface area contributed by atoms with Gasteiger partial charge >= 0.3 is 0 Å². The molecule has 0 unspecified atom stereocenters. The molecule has 1 aliphatic rings. The first-order valence-corrected chi connectivity index (χ1v) is 7.70. The average Bonchev–Trinajstić information content (AvgIpc) is 3.04. The number of hydrogen-bond donors (Lipinski definition) is 1. The average molecular weight is 311 g/mol. The minimum absolute atomic E-state index is 0.0558. The zero-order valence-corrected chi connectivity index (χ0v) is 11.8. The van der Waals surface area contributed by atoms with Gasteiger partial charge < -0.3 is 14.2 Å². The van der Waals surface area contributed by atoms with Gasteiger partial charge in [-0.25, -0.2) is 18.4 Å². The topological polar surface area (TPSA) is 110 Å². The summed E-state index contributed by atoms with van der Waals surface area (Å²) in [7, 11) is -3.73. The minimum Gasteiger partial charge on any atom is -0.378 e. The molecular formula is C11H13N5O4S. The van der Waals surface area contributed by atoms with Crippen LogP contribution in [0.2, 0.25) is 0 Å². The number of morpholine rings is 1. The van der Waals surface area contributed by atoms with Gasteiger partial charge in [-0.05, 0) is 0 Å². The third-order valence-corrected chi connectivity index (χ3v) is 4.23. The van der Waals surface area contributed by atoms with Gasteiger partial charge in [0.25, 0.3) is 10.0 Å². The van der Waals surface area contributed by atoms with Crippen LogP contribution in [0.25, 0.3) is 0 Å². The Morgan fingerprint density at radius 3 is 2.48 bits per heavy atom. The normalized spacial score (nSPS) is 15.9. The highest BCUT2D eigenvalue weighted by Crippen LogP contribution is 2.16. The second-order valence-electron chi connectivity index (χ2n) is 4.34. The summed E-state index contributed by atoms with van der Waals surface area (Å²) in [5.74, 6) is 0.547. The predicted octanol–water partition coefficient (Wildman–Crippen LogP) is 0.102. The minimum atomic E-state index is -3.73. The Hall–Kier alpha value is -2.20. The molecule has 0 saturated carbocycles. The smallest absolute Gasteiger partial charge is 0.266 e. The number of ether oxygens (including phenoxy) is 1. The molecular weight excluding hydrogens is 298 g/mol. The van der Waals surface area contributed by atoms with E-state index in [4.69, 9.17) is 4.74 Å². The van der Waals surface area contributed by atoms with Crippen molar-refractivity contribution in [3.8, 4) is 0 Å². The zero-order chi connectivity index (χ0) is 14.7. The first kappa shape index (κ1) is 13.8. The standard InChI is InChI=1S/C11H13N5O4S/c17-21(18,10-7-14-20-8-10)15-9-5-12-11(13-6-9)16-1-3-19-4-2-16/h5-8,15H,1-4H2. The maximum absolute atomic E-state index is 12.0. The molecule has 10 heteroatoms.